The van der Waals surface area contributed by atoms with E-state index in [1.807, 2.05) is 4.57 Å². The molecule has 1 unspecified atom stereocenters. The molecule has 4 nitrogen and oxygen atoms in total. The molecule has 0 saturated heterocycles. The minimum Gasteiger partial charge on any atom is -0.385 e. The fourth-order valence-corrected chi connectivity index (χ4v) is 1.32. The van der Waals surface area contributed by atoms with Crippen LogP contribution in [0.5, 0.6) is 0 Å². The first-order chi connectivity index (χ1) is 5.66. The summed E-state index contributed by atoms with van der Waals surface area (Å²) < 4.78 is 2.40. The Hall–Kier alpha value is -0.680. The van der Waals surface area contributed by atoms with Gasteiger partial charge in [0.1, 0.15) is 6.10 Å². The Kier molecular flexibility index (Phi) is 2.99. The maximum atomic E-state index is 9.29. The summed E-state index contributed by atoms with van der Waals surface area (Å²) >= 11 is 4.99. The Bertz CT molecular complexity index is 302. The lowest BCUT2D eigenvalue weighted by Gasteiger charge is -2.05. The molecule has 1 heterocycles. The zero-order valence-corrected chi connectivity index (χ0v) is 8.06. The Morgan fingerprint density at radius 3 is 2.92 bits per heavy atom. The number of H-pyrrole nitrogens is 1. The van der Waals surface area contributed by atoms with Gasteiger partial charge in [0, 0.05) is 6.54 Å². The molecular weight excluding hydrogens is 174 g/mol. The zero-order chi connectivity index (χ0) is 9.14. The summed E-state index contributed by atoms with van der Waals surface area (Å²) in [6, 6.07) is 0. The summed E-state index contributed by atoms with van der Waals surface area (Å²) in [4.78, 5) is 0. The van der Waals surface area contributed by atoms with Crippen LogP contribution in [0.3, 0.4) is 0 Å². The van der Waals surface area contributed by atoms with Crippen LogP contribution in [0.4, 0.5) is 0 Å². The Balaban J connectivity index is 3.04. The number of aliphatic hydroxyl groups is 1. The highest BCUT2D eigenvalue weighted by Gasteiger charge is 2.09. The van der Waals surface area contributed by atoms with Crippen LogP contribution in [0.2, 0.25) is 0 Å². The van der Waals surface area contributed by atoms with Gasteiger partial charge in [0.05, 0.1) is 0 Å². The van der Waals surface area contributed by atoms with Crippen LogP contribution < -0.4 is 0 Å². The number of nitrogens with one attached hydrogen (secondary N) is 1. The van der Waals surface area contributed by atoms with E-state index in [4.69, 9.17) is 12.2 Å². The zero-order valence-electron chi connectivity index (χ0n) is 7.24. The molecule has 1 rings (SSSR count). The number of aromatic nitrogens is 3. The first-order valence-corrected chi connectivity index (χ1v) is 4.40. The van der Waals surface area contributed by atoms with E-state index in [2.05, 4.69) is 17.1 Å². The van der Waals surface area contributed by atoms with E-state index < -0.39 is 6.10 Å². The van der Waals surface area contributed by atoms with Gasteiger partial charge < -0.3 is 9.67 Å². The number of hydrogen-bond acceptors (Lipinski definition) is 3. The van der Waals surface area contributed by atoms with Gasteiger partial charge in [-0.3, -0.25) is 5.10 Å². The summed E-state index contributed by atoms with van der Waals surface area (Å²) in [5, 5.41) is 15.9. The molecule has 68 valence electrons. The normalized spacial score (nSPS) is 13.2. The van der Waals surface area contributed by atoms with Gasteiger partial charge in [-0.05, 0) is 25.6 Å². The molecular formula is C7H13N3OS. The average molecular weight is 187 g/mol. The van der Waals surface area contributed by atoms with Crippen molar-refractivity contribution in [1.82, 2.24) is 14.8 Å². The maximum Gasteiger partial charge on any atom is 0.195 e. The summed E-state index contributed by atoms with van der Waals surface area (Å²) in [5.41, 5.74) is 0. The van der Waals surface area contributed by atoms with Crippen LogP contribution in [0.15, 0.2) is 0 Å². The Labute approximate surface area is 76.2 Å². The van der Waals surface area contributed by atoms with Crippen molar-refractivity contribution in [3.05, 3.63) is 10.6 Å². The van der Waals surface area contributed by atoms with Crippen LogP contribution in [0.25, 0.3) is 0 Å². The van der Waals surface area contributed by atoms with E-state index in [-0.39, 0.29) is 0 Å². The number of aromatic amines is 1. The fraction of sp³-hybridized carbons (Fsp3) is 0.714. The lowest BCUT2D eigenvalue weighted by Crippen LogP contribution is -2.06. The molecule has 0 saturated carbocycles. The highest BCUT2D eigenvalue weighted by molar-refractivity contribution is 7.71. The third kappa shape index (κ3) is 1.73. The van der Waals surface area contributed by atoms with Gasteiger partial charge in [0.2, 0.25) is 0 Å². The van der Waals surface area contributed by atoms with Crippen LogP contribution >= 0.6 is 12.2 Å². The molecule has 5 heteroatoms. The molecule has 0 fully saturated rings. The van der Waals surface area contributed by atoms with Gasteiger partial charge >= 0.3 is 0 Å². The van der Waals surface area contributed by atoms with Gasteiger partial charge in [-0.2, -0.15) is 5.10 Å². The molecule has 0 aliphatic rings. The first kappa shape index (κ1) is 9.41. The number of aliphatic hydroxyl groups excluding tert-OH is 1. The topological polar surface area (TPSA) is 53.8 Å². The van der Waals surface area contributed by atoms with Crippen LogP contribution in [0, 0.1) is 4.77 Å². The van der Waals surface area contributed by atoms with E-state index in [1.54, 1.807) is 6.92 Å². The molecule has 2 N–H and O–H groups in total. The second-order valence-electron chi connectivity index (χ2n) is 2.71. The van der Waals surface area contributed by atoms with E-state index in [9.17, 15) is 5.11 Å². The van der Waals surface area contributed by atoms with Crippen molar-refractivity contribution >= 4 is 12.2 Å². The first-order valence-electron chi connectivity index (χ1n) is 4.00. The van der Waals surface area contributed by atoms with Crippen LogP contribution in [0.1, 0.15) is 32.2 Å². The van der Waals surface area contributed by atoms with Crippen molar-refractivity contribution in [3.63, 3.8) is 0 Å². The number of hydrogen-bond donors (Lipinski definition) is 2. The molecule has 0 spiro atoms. The van der Waals surface area contributed by atoms with Gasteiger partial charge in [-0.1, -0.05) is 6.92 Å². The molecule has 0 bridgehead atoms. The molecule has 1 atom stereocenters. The summed E-state index contributed by atoms with van der Waals surface area (Å²) in [5.74, 6) is 0.613. The summed E-state index contributed by atoms with van der Waals surface area (Å²) in [6.45, 7) is 4.53. The van der Waals surface area contributed by atoms with Crippen molar-refractivity contribution in [3.8, 4) is 0 Å². The standard InChI is InChI=1S/C7H13N3OS/c1-3-4-10-6(5(2)11)8-9-7(10)12/h5,11H,3-4H2,1-2H3,(H,9,12). The van der Waals surface area contributed by atoms with Crippen LogP contribution in [-0.4, -0.2) is 19.9 Å². The molecule has 12 heavy (non-hydrogen) atoms. The average Bonchev–Trinajstić information content (AvgIpc) is 2.34. The molecule has 0 radical (unpaired) electrons. The summed E-state index contributed by atoms with van der Waals surface area (Å²) in [6.07, 6.45) is 0.414. The van der Waals surface area contributed by atoms with Crippen LogP contribution in [-0.2, 0) is 6.54 Å². The Morgan fingerprint density at radius 1 is 1.75 bits per heavy atom. The third-order valence-corrected chi connectivity index (χ3v) is 1.92. The predicted molar refractivity (Wildman–Crippen MR) is 48.3 cm³/mol. The van der Waals surface area contributed by atoms with Crippen molar-refractivity contribution in [1.29, 1.82) is 0 Å². The van der Waals surface area contributed by atoms with Gasteiger partial charge in [-0.25, -0.2) is 0 Å². The third-order valence-electron chi connectivity index (χ3n) is 1.61. The highest BCUT2D eigenvalue weighted by atomic mass is 32.1. The van der Waals surface area contributed by atoms with E-state index in [0.717, 1.165) is 13.0 Å². The van der Waals surface area contributed by atoms with Crippen molar-refractivity contribution in [2.45, 2.75) is 32.9 Å². The second-order valence-corrected chi connectivity index (χ2v) is 3.10. The minimum atomic E-state index is -0.565. The predicted octanol–water partition coefficient (Wildman–Crippen LogP) is 1.40. The number of rotatable bonds is 3. The molecule has 1 aromatic rings. The molecule has 0 aliphatic heterocycles. The van der Waals surface area contributed by atoms with Crippen molar-refractivity contribution < 1.29 is 5.11 Å². The van der Waals surface area contributed by atoms with Gasteiger partial charge in [0.15, 0.2) is 10.6 Å². The lowest BCUT2D eigenvalue weighted by molar-refractivity contribution is 0.183. The van der Waals surface area contributed by atoms with Crippen molar-refractivity contribution in [2.75, 3.05) is 0 Å². The lowest BCUT2D eigenvalue weighted by atomic mass is 10.3. The van der Waals surface area contributed by atoms with Gasteiger partial charge in [0.25, 0.3) is 0 Å². The molecule has 0 amide bonds. The molecule has 1 aromatic heterocycles. The molecule has 0 aromatic carbocycles. The van der Waals surface area contributed by atoms with Crippen molar-refractivity contribution in [2.24, 2.45) is 0 Å². The van der Waals surface area contributed by atoms with E-state index in [1.165, 1.54) is 0 Å². The van der Waals surface area contributed by atoms with E-state index >= 15 is 0 Å². The molecule has 0 aliphatic carbocycles. The highest BCUT2D eigenvalue weighted by Crippen LogP contribution is 2.09. The largest absolute Gasteiger partial charge is 0.385 e. The Morgan fingerprint density at radius 2 is 2.42 bits per heavy atom. The second kappa shape index (κ2) is 3.82. The SMILES string of the molecule is CCCn1c(C(C)O)n[nH]c1=S. The quantitative estimate of drug-likeness (QED) is 0.703. The number of nitrogens with zero attached hydrogens (tertiary/aromatic N) is 2. The maximum absolute atomic E-state index is 9.29. The minimum absolute atomic E-state index is 0.565. The summed E-state index contributed by atoms with van der Waals surface area (Å²) in [7, 11) is 0. The smallest absolute Gasteiger partial charge is 0.195 e. The monoisotopic (exact) mass is 187 g/mol. The fourth-order valence-electron chi connectivity index (χ4n) is 1.09. The van der Waals surface area contributed by atoms with Gasteiger partial charge in [-0.15, -0.1) is 0 Å². The van der Waals surface area contributed by atoms with E-state index in [0.29, 0.717) is 10.6 Å².